The summed E-state index contributed by atoms with van der Waals surface area (Å²) < 4.78 is 83.2. The number of nitrogens with zero attached hydrogens (tertiary/aromatic N) is 3. The number of imidazole rings is 1. The zero-order valence-electron chi connectivity index (χ0n) is 20.7. The lowest BCUT2D eigenvalue weighted by Crippen LogP contribution is -2.30. The highest BCUT2D eigenvalue weighted by Crippen LogP contribution is 2.44. The van der Waals surface area contributed by atoms with Crippen LogP contribution in [-0.2, 0) is 25.8 Å². The van der Waals surface area contributed by atoms with Crippen LogP contribution in [0.2, 0.25) is 0 Å². The normalized spacial score (nSPS) is 18.0. The zero-order chi connectivity index (χ0) is 27.1. The number of benzene rings is 2. The average molecular weight is 544 g/mol. The van der Waals surface area contributed by atoms with E-state index in [1.165, 1.54) is 9.47 Å². The predicted molar refractivity (Wildman–Crippen MR) is 131 cm³/mol. The van der Waals surface area contributed by atoms with Crippen LogP contribution >= 0.6 is 11.6 Å². The summed E-state index contributed by atoms with van der Waals surface area (Å²) in [6, 6.07) is 12.6. The minimum absolute atomic E-state index is 0.0681. The van der Waals surface area contributed by atoms with Crippen molar-refractivity contribution in [2.45, 2.75) is 70.5 Å². The van der Waals surface area contributed by atoms with Crippen LogP contribution in [0, 0.1) is 20.8 Å². The van der Waals surface area contributed by atoms with Crippen LogP contribution in [0.25, 0.3) is 0 Å². The van der Waals surface area contributed by atoms with Gasteiger partial charge in [0.2, 0.25) is 0 Å². The van der Waals surface area contributed by atoms with Crippen LogP contribution in [0.4, 0.5) is 26.3 Å². The van der Waals surface area contributed by atoms with Crippen LogP contribution in [0.5, 0.6) is 0 Å². The molecule has 2 unspecified atom stereocenters. The molecule has 200 valence electrons. The molecule has 0 saturated carbocycles. The van der Waals surface area contributed by atoms with Gasteiger partial charge in [0.1, 0.15) is 5.82 Å². The van der Waals surface area contributed by atoms with Crippen molar-refractivity contribution in [3.8, 4) is 0 Å². The molecule has 3 aromatic rings. The van der Waals surface area contributed by atoms with Crippen LogP contribution < -0.4 is 0 Å². The topological polar surface area (TPSA) is 21.1 Å². The second kappa shape index (κ2) is 10.3. The first-order valence-electron chi connectivity index (χ1n) is 12.0. The van der Waals surface area contributed by atoms with Crippen molar-refractivity contribution < 1.29 is 26.3 Å². The third-order valence-corrected chi connectivity index (χ3v) is 7.14. The van der Waals surface area contributed by atoms with E-state index in [-0.39, 0.29) is 31.2 Å². The molecule has 0 amide bonds. The maximum absolute atomic E-state index is 14.2. The first-order chi connectivity index (χ1) is 17.2. The number of alkyl halides is 7. The van der Waals surface area contributed by atoms with Crippen LogP contribution in [0.3, 0.4) is 0 Å². The fourth-order valence-corrected chi connectivity index (χ4v) is 5.70. The Morgan fingerprint density at radius 3 is 2.16 bits per heavy atom. The Kier molecular flexibility index (Phi) is 7.68. The summed E-state index contributed by atoms with van der Waals surface area (Å²) in [5.41, 5.74) is 3.18. The van der Waals surface area contributed by atoms with Gasteiger partial charge in [-0.05, 0) is 43.0 Å². The van der Waals surface area contributed by atoms with E-state index in [4.69, 9.17) is 11.6 Å². The van der Waals surface area contributed by atoms with Crippen LogP contribution in [0.15, 0.2) is 42.5 Å². The Morgan fingerprint density at radius 2 is 1.59 bits per heavy atom. The van der Waals surface area contributed by atoms with Crippen molar-refractivity contribution in [3.63, 3.8) is 0 Å². The van der Waals surface area contributed by atoms with Gasteiger partial charge in [0.05, 0.1) is 23.4 Å². The van der Waals surface area contributed by atoms with Gasteiger partial charge in [-0.2, -0.15) is 26.3 Å². The van der Waals surface area contributed by atoms with Gasteiger partial charge in [0.15, 0.2) is 5.69 Å². The highest BCUT2D eigenvalue weighted by atomic mass is 35.5. The molecule has 0 bridgehead atoms. The van der Waals surface area contributed by atoms with Gasteiger partial charge in [0.25, 0.3) is 0 Å². The third kappa shape index (κ3) is 6.14. The summed E-state index contributed by atoms with van der Waals surface area (Å²) in [4.78, 5) is 5.44. The Labute approximate surface area is 217 Å². The van der Waals surface area contributed by atoms with Crippen LogP contribution in [-0.4, -0.2) is 32.5 Å². The van der Waals surface area contributed by atoms with E-state index >= 15 is 0 Å². The molecule has 0 radical (unpaired) electrons. The summed E-state index contributed by atoms with van der Waals surface area (Å²) in [5.74, 6) is -0.359. The largest absolute Gasteiger partial charge is 0.435 e. The fourth-order valence-electron chi connectivity index (χ4n) is 5.32. The van der Waals surface area contributed by atoms with Gasteiger partial charge in [0, 0.05) is 26.2 Å². The minimum Gasteiger partial charge on any atom is -0.328 e. The van der Waals surface area contributed by atoms with Gasteiger partial charge in [-0.15, -0.1) is 11.6 Å². The molecule has 4 rings (SSSR count). The number of aryl methyl sites for hydroxylation is 3. The van der Waals surface area contributed by atoms with Crippen molar-refractivity contribution in [3.05, 3.63) is 87.5 Å². The van der Waals surface area contributed by atoms with Crippen molar-refractivity contribution in [2.75, 3.05) is 6.54 Å². The van der Waals surface area contributed by atoms with Crippen molar-refractivity contribution in [2.24, 2.45) is 0 Å². The molecule has 37 heavy (non-hydrogen) atoms. The second-order valence-electron chi connectivity index (χ2n) is 9.74. The first kappa shape index (κ1) is 27.5. The summed E-state index contributed by atoms with van der Waals surface area (Å²) in [6.07, 6.45) is -10.3. The maximum Gasteiger partial charge on any atom is 0.435 e. The Balaban J connectivity index is 1.77. The van der Waals surface area contributed by atoms with E-state index in [1.54, 1.807) is 30.3 Å². The molecule has 1 aromatic heterocycles. The number of aromatic nitrogens is 2. The maximum atomic E-state index is 14.2. The molecule has 1 aliphatic heterocycles. The monoisotopic (exact) mass is 543 g/mol. The molecule has 2 heterocycles. The van der Waals surface area contributed by atoms with Crippen molar-refractivity contribution >= 4 is 11.6 Å². The molecule has 0 spiro atoms. The Morgan fingerprint density at radius 1 is 0.973 bits per heavy atom. The van der Waals surface area contributed by atoms with Gasteiger partial charge in [-0.1, -0.05) is 48.0 Å². The first-order valence-corrected chi connectivity index (χ1v) is 12.4. The molecular weight excluding hydrogens is 516 g/mol. The molecule has 2 aromatic carbocycles. The number of hydrogen-bond acceptors (Lipinski definition) is 2. The molecule has 0 aliphatic carbocycles. The highest BCUT2D eigenvalue weighted by molar-refractivity contribution is 6.21. The number of halogens is 7. The van der Waals surface area contributed by atoms with Crippen molar-refractivity contribution in [1.29, 1.82) is 0 Å². The molecule has 3 nitrogen and oxygen atoms in total. The molecule has 10 heteroatoms. The predicted octanol–water partition coefficient (Wildman–Crippen LogP) is 7.53. The SMILES string of the molecule is Cc1cc(C)c(C2c3nc(C(F)(F)F)c(CN(CCC(F)(F)F)Cc4ccccc4)n3CC2Cl)c(C)c1. The number of rotatable bonds is 7. The Bertz CT molecular complexity index is 1230. The quantitative estimate of drug-likeness (QED) is 0.227. The summed E-state index contributed by atoms with van der Waals surface area (Å²) >= 11 is 6.72. The number of fused-ring (bicyclic) bond motifs is 1. The summed E-state index contributed by atoms with van der Waals surface area (Å²) in [6.45, 7) is 5.11. The molecule has 2 atom stereocenters. The smallest absolute Gasteiger partial charge is 0.328 e. The van der Waals surface area contributed by atoms with Gasteiger partial charge in [-0.25, -0.2) is 4.98 Å². The van der Waals surface area contributed by atoms with E-state index in [2.05, 4.69) is 4.98 Å². The van der Waals surface area contributed by atoms with Gasteiger partial charge >= 0.3 is 12.4 Å². The highest BCUT2D eigenvalue weighted by Gasteiger charge is 2.45. The molecule has 0 fully saturated rings. The zero-order valence-corrected chi connectivity index (χ0v) is 21.5. The lowest BCUT2D eigenvalue weighted by Gasteiger charge is -2.24. The fraction of sp³-hybridized carbons (Fsp3) is 0.444. The van der Waals surface area contributed by atoms with Gasteiger partial charge in [-0.3, -0.25) is 4.90 Å². The van der Waals surface area contributed by atoms with E-state index in [1.807, 2.05) is 32.9 Å². The minimum atomic E-state index is -4.77. The lowest BCUT2D eigenvalue weighted by molar-refractivity contribution is -0.143. The van der Waals surface area contributed by atoms with E-state index in [9.17, 15) is 26.3 Å². The molecular formula is C27H28ClF6N3. The Hall–Kier alpha value is -2.52. The average Bonchev–Trinajstić information content (AvgIpc) is 3.27. The third-order valence-electron chi connectivity index (χ3n) is 6.75. The lowest BCUT2D eigenvalue weighted by atomic mass is 9.88. The van der Waals surface area contributed by atoms with E-state index in [0.717, 1.165) is 22.3 Å². The molecule has 0 saturated heterocycles. The standard InChI is InChI=1S/C27H28ClF6N3/c1-16-11-17(2)22(18(3)12-16)23-20(28)14-37-21(24(27(32,33)34)35-25(23)37)15-36(10-9-26(29,30)31)13-19-7-5-4-6-8-19/h4-8,11-12,20,23H,9-10,13-15H2,1-3H3. The second-order valence-corrected chi connectivity index (χ2v) is 10.3. The van der Waals surface area contributed by atoms with Gasteiger partial charge < -0.3 is 4.57 Å². The molecule has 1 aliphatic rings. The number of hydrogen-bond donors (Lipinski definition) is 0. The van der Waals surface area contributed by atoms with Crippen molar-refractivity contribution in [1.82, 2.24) is 14.5 Å². The van der Waals surface area contributed by atoms with E-state index < -0.39 is 42.3 Å². The summed E-state index contributed by atoms with van der Waals surface area (Å²) in [7, 11) is 0. The van der Waals surface area contributed by atoms with Crippen LogP contribution in [0.1, 0.15) is 57.4 Å². The molecule has 0 N–H and O–H groups in total. The summed E-state index contributed by atoms with van der Waals surface area (Å²) in [5, 5.41) is -0.540. The van der Waals surface area contributed by atoms with E-state index in [0.29, 0.717) is 5.56 Å².